The molecule has 0 aliphatic heterocycles. The van der Waals surface area contributed by atoms with E-state index < -0.39 is 0 Å². The van der Waals surface area contributed by atoms with Gasteiger partial charge in [0.05, 0.1) is 7.11 Å². The molecule has 1 aromatic carbocycles. The van der Waals surface area contributed by atoms with Crippen molar-refractivity contribution in [3.63, 3.8) is 0 Å². The highest BCUT2D eigenvalue weighted by Gasteiger charge is 2.03. The molecule has 0 bridgehead atoms. The largest absolute Gasteiger partial charge is 0.493 e. The molecule has 1 rings (SSSR count). The van der Waals surface area contributed by atoms with Crippen LogP contribution in [0.3, 0.4) is 0 Å². The number of rotatable bonds is 3. The first-order valence-electron chi connectivity index (χ1n) is 3.61. The first-order chi connectivity index (χ1) is 6.27. The molecule has 68 valence electrons. The lowest BCUT2D eigenvalue weighted by Crippen LogP contribution is -1.96. The van der Waals surface area contributed by atoms with Crippen LogP contribution in [-0.4, -0.2) is 13.7 Å². The lowest BCUT2D eigenvalue weighted by molar-refractivity contribution is 0.329. The van der Waals surface area contributed by atoms with Crippen LogP contribution in [0.2, 0.25) is 0 Å². The van der Waals surface area contributed by atoms with Crippen LogP contribution < -0.4 is 9.47 Å². The van der Waals surface area contributed by atoms with Gasteiger partial charge in [-0.3, -0.25) is 0 Å². The van der Waals surface area contributed by atoms with Gasteiger partial charge in [-0.2, -0.15) is 5.26 Å². The molecule has 13 heavy (non-hydrogen) atoms. The van der Waals surface area contributed by atoms with Gasteiger partial charge in [0.25, 0.3) is 0 Å². The maximum atomic E-state index is 8.33. The Bertz CT molecular complexity index is 333. The maximum absolute atomic E-state index is 8.33. The molecular formula is C9H8BrNO2. The smallest absolute Gasteiger partial charge is 0.174 e. The van der Waals surface area contributed by atoms with E-state index >= 15 is 0 Å². The second kappa shape index (κ2) is 4.73. The predicted octanol–water partition coefficient (Wildman–Crippen LogP) is 2.36. The van der Waals surface area contributed by atoms with Crippen LogP contribution in [0, 0.1) is 11.3 Å². The number of nitriles is 1. The predicted molar refractivity (Wildman–Crippen MR) is 51.8 cm³/mol. The van der Waals surface area contributed by atoms with Crippen molar-refractivity contribution in [1.82, 2.24) is 0 Å². The number of halogens is 1. The summed E-state index contributed by atoms with van der Waals surface area (Å²) in [4.78, 5) is 0. The molecule has 3 nitrogen and oxygen atoms in total. The van der Waals surface area contributed by atoms with Crippen LogP contribution in [0.15, 0.2) is 22.7 Å². The number of ether oxygens (including phenoxy) is 2. The average molecular weight is 242 g/mol. The second-order valence-corrected chi connectivity index (χ2v) is 3.16. The Balaban J connectivity index is 2.89. The van der Waals surface area contributed by atoms with Crippen molar-refractivity contribution in [3.05, 3.63) is 22.7 Å². The van der Waals surface area contributed by atoms with E-state index in [0.717, 1.165) is 4.47 Å². The third-order valence-electron chi connectivity index (χ3n) is 1.42. The van der Waals surface area contributed by atoms with Crippen molar-refractivity contribution in [1.29, 1.82) is 5.26 Å². The topological polar surface area (TPSA) is 42.2 Å². The first-order valence-corrected chi connectivity index (χ1v) is 4.40. The Morgan fingerprint density at radius 3 is 2.85 bits per heavy atom. The van der Waals surface area contributed by atoms with Crippen LogP contribution >= 0.6 is 15.9 Å². The molecule has 0 atom stereocenters. The van der Waals surface area contributed by atoms with Crippen LogP contribution in [0.25, 0.3) is 0 Å². The van der Waals surface area contributed by atoms with Gasteiger partial charge in [-0.1, -0.05) is 15.9 Å². The maximum Gasteiger partial charge on any atom is 0.174 e. The van der Waals surface area contributed by atoms with Gasteiger partial charge in [0.15, 0.2) is 18.1 Å². The Hall–Kier alpha value is -1.21. The third-order valence-corrected chi connectivity index (χ3v) is 1.91. The Morgan fingerprint density at radius 2 is 2.23 bits per heavy atom. The van der Waals surface area contributed by atoms with Crippen LogP contribution in [-0.2, 0) is 0 Å². The minimum atomic E-state index is 0.0206. The van der Waals surface area contributed by atoms with Crippen molar-refractivity contribution in [2.45, 2.75) is 0 Å². The Morgan fingerprint density at radius 1 is 1.46 bits per heavy atom. The summed E-state index contributed by atoms with van der Waals surface area (Å²) in [5, 5.41) is 8.33. The summed E-state index contributed by atoms with van der Waals surface area (Å²) in [6, 6.07) is 7.27. The molecule has 0 N–H and O–H groups in total. The molecule has 0 fully saturated rings. The summed E-state index contributed by atoms with van der Waals surface area (Å²) >= 11 is 3.30. The van der Waals surface area contributed by atoms with Gasteiger partial charge >= 0.3 is 0 Å². The van der Waals surface area contributed by atoms with E-state index in [2.05, 4.69) is 15.9 Å². The standard InChI is InChI=1S/C9H8BrNO2/c1-12-8-3-2-7(10)6-9(8)13-5-4-11/h2-3,6H,5H2,1H3. The van der Waals surface area contributed by atoms with E-state index in [0.29, 0.717) is 11.5 Å². The molecule has 0 amide bonds. The molecule has 0 aromatic heterocycles. The number of hydrogen-bond donors (Lipinski definition) is 0. The Kier molecular flexibility index (Phi) is 3.59. The molecule has 0 heterocycles. The van der Waals surface area contributed by atoms with Gasteiger partial charge < -0.3 is 9.47 Å². The fourth-order valence-electron chi connectivity index (χ4n) is 0.873. The van der Waals surface area contributed by atoms with Gasteiger partial charge in [-0.25, -0.2) is 0 Å². The molecule has 0 saturated carbocycles. The monoisotopic (exact) mass is 241 g/mol. The highest BCUT2D eigenvalue weighted by Crippen LogP contribution is 2.29. The summed E-state index contributed by atoms with van der Waals surface area (Å²) in [6.45, 7) is 0.0206. The summed E-state index contributed by atoms with van der Waals surface area (Å²) in [5.74, 6) is 1.19. The van der Waals surface area contributed by atoms with Crippen LogP contribution in [0.1, 0.15) is 0 Å². The fraction of sp³-hybridized carbons (Fsp3) is 0.222. The first kappa shape index (κ1) is 9.87. The fourth-order valence-corrected chi connectivity index (χ4v) is 1.21. The molecule has 0 unspecified atom stereocenters. The lowest BCUT2D eigenvalue weighted by Gasteiger charge is -2.07. The van der Waals surface area contributed by atoms with E-state index in [1.807, 2.05) is 12.1 Å². The van der Waals surface area contributed by atoms with E-state index in [1.54, 1.807) is 19.2 Å². The molecule has 0 aliphatic rings. The molecular weight excluding hydrogens is 234 g/mol. The average Bonchev–Trinajstić information content (AvgIpc) is 2.15. The molecule has 0 spiro atoms. The summed E-state index contributed by atoms with van der Waals surface area (Å²) < 4.78 is 11.1. The normalized spacial score (nSPS) is 9.00. The Labute approximate surface area is 85.0 Å². The van der Waals surface area contributed by atoms with E-state index in [9.17, 15) is 0 Å². The zero-order valence-corrected chi connectivity index (χ0v) is 8.67. The van der Waals surface area contributed by atoms with Gasteiger partial charge in [0, 0.05) is 4.47 Å². The van der Waals surface area contributed by atoms with Crippen molar-refractivity contribution < 1.29 is 9.47 Å². The van der Waals surface area contributed by atoms with Gasteiger partial charge in [-0.15, -0.1) is 0 Å². The molecule has 4 heteroatoms. The molecule has 0 saturated heterocycles. The van der Waals surface area contributed by atoms with Crippen molar-refractivity contribution in [2.75, 3.05) is 13.7 Å². The third kappa shape index (κ3) is 2.63. The van der Waals surface area contributed by atoms with Crippen LogP contribution in [0.4, 0.5) is 0 Å². The SMILES string of the molecule is COc1ccc(Br)cc1OCC#N. The summed E-state index contributed by atoms with van der Waals surface area (Å²) in [7, 11) is 1.56. The summed E-state index contributed by atoms with van der Waals surface area (Å²) in [6.07, 6.45) is 0. The number of methoxy groups -OCH3 is 1. The second-order valence-electron chi connectivity index (χ2n) is 2.24. The highest BCUT2D eigenvalue weighted by atomic mass is 79.9. The minimum Gasteiger partial charge on any atom is -0.493 e. The zero-order chi connectivity index (χ0) is 9.68. The van der Waals surface area contributed by atoms with Crippen molar-refractivity contribution in [2.24, 2.45) is 0 Å². The van der Waals surface area contributed by atoms with Gasteiger partial charge in [0.1, 0.15) is 6.07 Å². The van der Waals surface area contributed by atoms with E-state index in [-0.39, 0.29) is 6.61 Å². The minimum absolute atomic E-state index is 0.0206. The molecule has 0 radical (unpaired) electrons. The van der Waals surface area contributed by atoms with Crippen molar-refractivity contribution >= 4 is 15.9 Å². The van der Waals surface area contributed by atoms with Crippen molar-refractivity contribution in [3.8, 4) is 17.6 Å². The quantitative estimate of drug-likeness (QED) is 0.816. The molecule has 1 aromatic rings. The molecule has 0 aliphatic carbocycles. The van der Waals surface area contributed by atoms with Gasteiger partial charge in [0.2, 0.25) is 0 Å². The zero-order valence-electron chi connectivity index (χ0n) is 7.08. The highest BCUT2D eigenvalue weighted by molar-refractivity contribution is 9.10. The van der Waals surface area contributed by atoms with Crippen LogP contribution in [0.5, 0.6) is 11.5 Å². The number of hydrogen-bond acceptors (Lipinski definition) is 3. The number of benzene rings is 1. The number of nitrogens with zero attached hydrogens (tertiary/aromatic N) is 1. The lowest BCUT2D eigenvalue weighted by atomic mass is 10.3. The van der Waals surface area contributed by atoms with E-state index in [4.69, 9.17) is 14.7 Å². The summed E-state index contributed by atoms with van der Waals surface area (Å²) in [5.41, 5.74) is 0. The van der Waals surface area contributed by atoms with E-state index in [1.165, 1.54) is 0 Å². The van der Waals surface area contributed by atoms with Gasteiger partial charge in [-0.05, 0) is 18.2 Å².